The normalized spacial score (nSPS) is 16.5. The van der Waals surface area contributed by atoms with Crippen molar-refractivity contribution in [3.63, 3.8) is 0 Å². The van der Waals surface area contributed by atoms with Crippen LogP contribution in [0.5, 0.6) is 5.75 Å². The first kappa shape index (κ1) is 19.3. The summed E-state index contributed by atoms with van der Waals surface area (Å²) in [5.41, 5.74) is 1.69. The number of hydrogen-bond donors (Lipinski definition) is 1. The molecule has 2 aromatic heterocycles. The number of hydrogen-bond acceptors (Lipinski definition) is 6. The molecule has 1 saturated heterocycles. The molecule has 9 heteroatoms. The first-order valence-corrected chi connectivity index (χ1v) is 10.5. The smallest absolute Gasteiger partial charge is 0.277 e. The second kappa shape index (κ2) is 7.21. The molecule has 2 amide bonds. The van der Waals surface area contributed by atoms with E-state index in [0.717, 1.165) is 15.1 Å². The number of carbonyl (C=O) groups excluding carboxylic acids is 2. The predicted molar refractivity (Wildman–Crippen MR) is 117 cm³/mol. The van der Waals surface area contributed by atoms with E-state index in [-0.39, 0.29) is 17.9 Å². The van der Waals surface area contributed by atoms with Crippen LogP contribution in [0.1, 0.15) is 23.6 Å². The van der Waals surface area contributed by atoms with Gasteiger partial charge in [0.15, 0.2) is 0 Å². The molecule has 0 spiro atoms. The number of aromatic amines is 1. The summed E-state index contributed by atoms with van der Waals surface area (Å²) in [6.45, 7) is 1.73. The summed E-state index contributed by atoms with van der Waals surface area (Å²) in [4.78, 5) is 44.8. The molecule has 3 heterocycles. The number of methoxy groups -OCH3 is 1. The van der Waals surface area contributed by atoms with E-state index in [9.17, 15) is 14.4 Å². The van der Waals surface area contributed by atoms with Crippen LogP contribution in [-0.2, 0) is 9.59 Å². The number of aryl methyl sites for hydroxylation is 1. The Morgan fingerprint density at radius 1 is 1.13 bits per heavy atom. The molecule has 2 aromatic carbocycles. The van der Waals surface area contributed by atoms with Crippen LogP contribution in [0.25, 0.3) is 15.3 Å². The lowest BCUT2D eigenvalue weighted by molar-refractivity contribution is -0.121. The fourth-order valence-corrected chi connectivity index (χ4v) is 4.86. The van der Waals surface area contributed by atoms with Crippen LogP contribution in [0.3, 0.4) is 0 Å². The zero-order valence-electron chi connectivity index (χ0n) is 16.8. The van der Waals surface area contributed by atoms with Crippen LogP contribution in [-0.4, -0.2) is 33.7 Å². The van der Waals surface area contributed by atoms with Crippen LogP contribution in [0.15, 0.2) is 53.3 Å². The molecule has 156 valence electrons. The van der Waals surface area contributed by atoms with E-state index in [1.807, 2.05) is 24.3 Å². The van der Waals surface area contributed by atoms with Crippen molar-refractivity contribution in [1.29, 1.82) is 0 Å². The van der Waals surface area contributed by atoms with Crippen LogP contribution >= 0.6 is 11.3 Å². The van der Waals surface area contributed by atoms with Crippen LogP contribution in [0, 0.1) is 6.92 Å². The summed E-state index contributed by atoms with van der Waals surface area (Å²) in [5, 5.41) is 3.51. The van der Waals surface area contributed by atoms with Crippen LogP contribution in [0.4, 0.5) is 5.69 Å². The number of fused-ring (bicyclic) bond motifs is 1. The van der Waals surface area contributed by atoms with E-state index in [4.69, 9.17) is 4.74 Å². The van der Waals surface area contributed by atoms with Gasteiger partial charge in [-0.05, 0) is 31.2 Å². The molecule has 0 bridgehead atoms. The number of ether oxygens (including phenoxy) is 1. The number of H-pyrrole nitrogens is 1. The Morgan fingerprint density at radius 2 is 1.94 bits per heavy atom. The molecule has 1 atom stereocenters. The van der Waals surface area contributed by atoms with Crippen LogP contribution in [0.2, 0.25) is 0 Å². The van der Waals surface area contributed by atoms with Gasteiger partial charge in [-0.3, -0.25) is 19.5 Å². The average Bonchev–Trinajstić information content (AvgIpc) is 3.41. The van der Waals surface area contributed by atoms with Crippen molar-refractivity contribution in [1.82, 2.24) is 14.8 Å². The Hall–Kier alpha value is -3.72. The number of carbonyl (C=O) groups is 2. The molecular formula is C22H18N4O4S. The largest absolute Gasteiger partial charge is 0.497 e. The number of rotatable bonds is 4. The Bertz CT molecular complexity index is 1370. The van der Waals surface area contributed by atoms with Gasteiger partial charge in [0.25, 0.3) is 5.56 Å². The van der Waals surface area contributed by atoms with Gasteiger partial charge in [0.05, 0.1) is 34.5 Å². The Balaban J connectivity index is 1.54. The summed E-state index contributed by atoms with van der Waals surface area (Å²) >= 11 is 1.38. The van der Waals surface area contributed by atoms with Crippen molar-refractivity contribution in [3.05, 3.63) is 70.1 Å². The average molecular weight is 434 g/mol. The van der Waals surface area contributed by atoms with Crippen molar-refractivity contribution in [2.45, 2.75) is 19.3 Å². The number of thiazole rings is 1. The highest BCUT2D eigenvalue weighted by atomic mass is 32.1. The molecule has 1 fully saturated rings. The van der Waals surface area contributed by atoms with E-state index >= 15 is 0 Å². The van der Waals surface area contributed by atoms with Gasteiger partial charge >= 0.3 is 0 Å². The molecule has 0 aliphatic carbocycles. The van der Waals surface area contributed by atoms with Crippen molar-refractivity contribution >= 4 is 39.1 Å². The highest BCUT2D eigenvalue weighted by molar-refractivity contribution is 7.20. The monoisotopic (exact) mass is 434 g/mol. The van der Waals surface area contributed by atoms with E-state index in [1.54, 1.807) is 31.2 Å². The molecule has 4 aromatic rings. The number of para-hydroxylation sites is 1. The maximum absolute atomic E-state index is 13.2. The molecule has 1 aliphatic heterocycles. The number of aromatic nitrogens is 3. The van der Waals surface area contributed by atoms with Gasteiger partial charge < -0.3 is 4.74 Å². The lowest BCUT2D eigenvalue weighted by atomic mass is 9.98. The summed E-state index contributed by atoms with van der Waals surface area (Å²) in [5.74, 6) is -1.08. The van der Waals surface area contributed by atoms with Crippen molar-refractivity contribution in [2.24, 2.45) is 0 Å². The van der Waals surface area contributed by atoms with E-state index in [0.29, 0.717) is 27.8 Å². The lowest BCUT2D eigenvalue weighted by Gasteiger charge is -2.15. The maximum atomic E-state index is 13.2. The van der Waals surface area contributed by atoms with Crippen molar-refractivity contribution in [2.75, 3.05) is 12.0 Å². The Labute approximate surface area is 180 Å². The van der Waals surface area contributed by atoms with E-state index < -0.39 is 11.8 Å². The molecule has 5 rings (SSSR count). The lowest BCUT2D eigenvalue weighted by Crippen LogP contribution is -2.31. The highest BCUT2D eigenvalue weighted by Crippen LogP contribution is 2.34. The highest BCUT2D eigenvalue weighted by Gasteiger charge is 2.43. The molecule has 1 aliphatic rings. The molecule has 0 unspecified atom stereocenters. The van der Waals surface area contributed by atoms with Gasteiger partial charge in [-0.1, -0.05) is 29.5 Å². The quantitative estimate of drug-likeness (QED) is 0.498. The molecular weight excluding hydrogens is 416 g/mol. The third kappa shape index (κ3) is 3.05. The predicted octanol–water partition coefficient (Wildman–Crippen LogP) is 3.14. The van der Waals surface area contributed by atoms with Gasteiger partial charge in [-0.2, -0.15) is 4.68 Å². The van der Waals surface area contributed by atoms with Gasteiger partial charge in [0, 0.05) is 18.2 Å². The van der Waals surface area contributed by atoms with Gasteiger partial charge in [-0.15, -0.1) is 0 Å². The fourth-order valence-electron chi connectivity index (χ4n) is 3.94. The van der Waals surface area contributed by atoms with E-state index in [2.05, 4.69) is 10.1 Å². The third-order valence-electron chi connectivity index (χ3n) is 5.40. The number of nitrogens with zero attached hydrogens (tertiary/aromatic N) is 3. The number of imide groups is 1. The number of amides is 2. The van der Waals surface area contributed by atoms with Crippen molar-refractivity contribution < 1.29 is 14.3 Å². The standard InChI is InChI=1S/C22H18N4O4S/c1-12-19(21(29)26(24-12)22-23-16-8-3-4-9-17(16)31-22)15-11-18(27)25(20(15)28)13-6-5-7-14(10-13)30-2/h3-10,15,24H,11H2,1-2H3/t15-/m1/s1. The second-order valence-corrected chi connectivity index (χ2v) is 8.29. The number of benzene rings is 2. The van der Waals surface area contributed by atoms with E-state index in [1.165, 1.54) is 23.1 Å². The molecule has 1 N–H and O–H groups in total. The molecule has 0 radical (unpaired) electrons. The summed E-state index contributed by atoms with van der Waals surface area (Å²) in [6.07, 6.45) is -0.0657. The minimum atomic E-state index is -0.849. The minimum Gasteiger partial charge on any atom is -0.497 e. The van der Waals surface area contributed by atoms with Gasteiger partial charge in [-0.25, -0.2) is 9.88 Å². The second-order valence-electron chi connectivity index (χ2n) is 7.28. The van der Waals surface area contributed by atoms with Gasteiger partial charge in [0.1, 0.15) is 5.75 Å². The molecule has 0 saturated carbocycles. The summed E-state index contributed by atoms with van der Waals surface area (Å²) in [6, 6.07) is 14.4. The SMILES string of the molecule is COc1cccc(N2C(=O)C[C@H](c3c(C)[nH]n(-c4nc5ccccc5s4)c3=O)C2=O)c1. The first-order chi connectivity index (χ1) is 15.0. The minimum absolute atomic E-state index is 0.0657. The Kier molecular flexibility index (Phi) is 4.48. The summed E-state index contributed by atoms with van der Waals surface area (Å²) < 4.78 is 7.50. The summed E-state index contributed by atoms with van der Waals surface area (Å²) in [7, 11) is 1.52. The molecule has 31 heavy (non-hydrogen) atoms. The van der Waals surface area contributed by atoms with Crippen LogP contribution < -0.4 is 15.2 Å². The van der Waals surface area contributed by atoms with Gasteiger partial charge in [0.2, 0.25) is 16.9 Å². The topological polar surface area (TPSA) is 97.3 Å². The third-order valence-corrected chi connectivity index (χ3v) is 6.42. The number of nitrogens with one attached hydrogen (secondary N) is 1. The maximum Gasteiger partial charge on any atom is 0.277 e. The molecule has 8 nitrogen and oxygen atoms in total. The zero-order valence-corrected chi connectivity index (χ0v) is 17.6. The van der Waals surface area contributed by atoms with Crippen molar-refractivity contribution in [3.8, 4) is 10.9 Å². The Morgan fingerprint density at radius 3 is 2.71 bits per heavy atom. The number of anilines is 1. The fraction of sp³-hybridized carbons (Fsp3) is 0.182. The first-order valence-electron chi connectivity index (χ1n) is 9.66. The zero-order chi connectivity index (χ0) is 21.7.